The van der Waals surface area contributed by atoms with Gasteiger partial charge in [0, 0.05) is 11.8 Å². The number of phenols is 1. The maximum Gasteiger partial charge on any atom is 0.294 e. The molecular weight excluding hydrogens is 492 g/mol. The number of amides is 3. The van der Waals surface area contributed by atoms with Crippen LogP contribution >= 0.6 is 27.7 Å². The smallest absolute Gasteiger partial charge is 0.294 e. The average molecular weight is 507 g/mol. The van der Waals surface area contributed by atoms with E-state index in [1.165, 1.54) is 19.3 Å². The number of anilines is 1. The lowest BCUT2D eigenvalue weighted by Crippen LogP contribution is -2.36. The van der Waals surface area contributed by atoms with Crippen molar-refractivity contribution >= 4 is 56.5 Å². The molecule has 2 aromatic carbocycles. The van der Waals surface area contributed by atoms with Crippen molar-refractivity contribution in [3.05, 3.63) is 45.3 Å². The number of fused-ring (bicyclic) bond motifs is 1. The molecule has 4 rings (SSSR count). The Kier molecular flexibility index (Phi) is 5.79. The van der Waals surface area contributed by atoms with E-state index >= 15 is 0 Å². The molecule has 1 fully saturated rings. The van der Waals surface area contributed by atoms with Crippen LogP contribution in [0.15, 0.2) is 39.7 Å². The molecule has 3 amide bonds. The van der Waals surface area contributed by atoms with Gasteiger partial charge in [-0.3, -0.25) is 19.3 Å². The summed E-state index contributed by atoms with van der Waals surface area (Å²) in [4.78, 5) is 38.4. The first-order valence-electron chi connectivity index (χ1n) is 8.87. The van der Waals surface area contributed by atoms with Crippen LogP contribution in [0.4, 0.5) is 10.5 Å². The molecule has 0 aromatic heterocycles. The zero-order chi connectivity index (χ0) is 22.1. The summed E-state index contributed by atoms with van der Waals surface area (Å²) < 4.78 is 15.9. The van der Waals surface area contributed by atoms with Gasteiger partial charge in [0.1, 0.15) is 6.54 Å². The molecule has 0 unspecified atom stereocenters. The van der Waals surface area contributed by atoms with Gasteiger partial charge in [-0.15, -0.1) is 0 Å². The maximum absolute atomic E-state index is 12.7. The molecule has 1 saturated heterocycles. The van der Waals surface area contributed by atoms with Gasteiger partial charge in [0.05, 0.1) is 16.5 Å². The van der Waals surface area contributed by atoms with E-state index in [-0.39, 0.29) is 23.2 Å². The summed E-state index contributed by atoms with van der Waals surface area (Å²) >= 11 is 3.94. The number of ether oxygens (including phenoxy) is 3. The van der Waals surface area contributed by atoms with E-state index in [1.807, 2.05) is 0 Å². The van der Waals surface area contributed by atoms with Crippen LogP contribution in [0.5, 0.6) is 23.0 Å². The molecule has 0 aliphatic carbocycles. The van der Waals surface area contributed by atoms with Crippen molar-refractivity contribution in [2.45, 2.75) is 0 Å². The van der Waals surface area contributed by atoms with Crippen molar-refractivity contribution in [3.63, 3.8) is 0 Å². The minimum Gasteiger partial charge on any atom is -0.503 e. The Labute approximate surface area is 189 Å². The number of hydrogen-bond donors (Lipinski definition) is 2. The molecule has 2 N–H and O–H groups in total. The molecule has 0 atom stereocenters. The van der Waals surface area contributed by atoms with Crippen LogP contribution in [0.2, 0.25) is 0 Å². The summed E-state index contributed by atoms with van der Waals surface area (Å²) in [6, 6.07) is 8.00. The van der Waals surface area contributed by atoms with Gasteiger partial charge in [-0.1, -0.05) is 0 Å². The molecule has 2 heterocycles. The van der Waals surface area contributed by atoms with Crippen molar-refractivity contribution in [1.29, 1.82) is 0 Å². The van der Waals surface area contributed by atoms with E-state index in [9.17, 15) is 19.5 Å². The van der Waals surface area contributed by atoms with Gasteiger partial charge in [-0.05, 0) is 63.6 Å². The van der Waals surface area contributed by atoms with Crippen LogP contribution in [-0.2, 0) is 9.59 Å². The standard InChI is InChI=1S/C20H15BrN2O7S/c1-28-15-5-10(4-12(21)18(15)25)6-16-19(26)23(20(27)31-16)8-17(24)22-11-2-3-13-14(7-11)30-9-29-13/h2-7,25H,8-9H2,1H3,(H,22,24)/b16-6+. The number of halogens is 1. The topological polar surface area (TPSA) is 114 Å². The molecule has 2 aliphatic rings. The van der Waals surface area contributed by atoms with Crippen LogP contribution in [0.3, 0.4) is 0 Å². The fourth-order valence-electron chi connectivity index (χ4n) is 2.94. The Balaban J connectivity index is 1.46. The third-order valence-electron chi connectivity index (χ3n) is 4.40. The van der Waals surface area contributed by atoms with E-state index < -0.39 is 23.6 Å². The predicted octanol–water partition coefficient (Wildman–Crippen LogP) is 3.57. The van der Waals surface area contributed by atoms with Crippen molar-refractivity contribution in [3.8, 4) is 23.0 Å². The summed E-state index contributed by atoms with van der Waals surface area (Å²) in [5.41, 5.74) is 0.995. The molecule has 11 heteroatoms. The van der Waals surface area contributed by atoms with E-state index in [4.69, 9.17) is 14.2 Å². The normalized spacial score (nSPS) is 16.2. The minimum absolute atomic E-state index is 0.0760. The molecule has 31 heavy (non-hydrogen) atoms. The maximum atomic E-state index is 12.7. The number of aromatic hydroxyl groups is 1. The van der Waals surface area contributed by atoms with E-state index in [0.29, 0.717) is 27.2 Å². The Bertz CT molecular complexity index is 1130. The van der Waals surface area contributed by atoms with Crippen LogP contribution in [-0.4, -0.2) is 47.5 Å². The Morgan fingerprint density at radius 1 is 1.29 bits per heavy atom. The second kappa shape index (κ2) is 8.52. The van der Waals surface area contributed by atoms with Gasteiger partial charge in [0.15, 0.2) is 23.0 Å². The van der Waals surface area contributed by atoms with E-state index in [0.717, 1.165) is 16.7 Å². The Morgan fingerprint density at radius 2 is 2.06 bits per heavy atom. The number of methoxy groups -OCH3 is 1. The first-order valence-corrected chi connectivity index (χ1v) is 10.5. The zero-order valence-corrected chi connectivity index (χ0v) is 18.4. The summed E-state index contributed by atoms with van der Waals surface area (Å²) in [6.07, 6.45) is 1.49. The fourth-order valence-corrected chi connectivity index (χ4v) is 4.24. The van der Waals surface area contributed by atoms with Gasteiger partial charge >= 0.3 is 0 Å². The van der Waals surface area contributed by atoms with Crippen molar-refractivity contribution in [1.82, 2.24) is 4.90 Å². The van der Waals surface area contributed by atoms with Crippen molar-refractivity contribution < 1.29 is 33.7 Å². The molecule has 9 nitrogen and oxygen atoms in total. The lowest BCUT2D eigenvalue weighted by molar-refractivity contribution is -0.127. The molecule has 160 valence electrons. The SMILES string of the molecule is COc1cc(/C=C2/SC(=O)N(CC(=O)Nc3ccc4c(c3)OCO4)C2=O)cc(Br)c1O. The van der Waals surface area contributed by atoms with Gasteiger partial charge in [0.25, 0.3) is 11.1 Å². The number of carbonyl (C=O) groups excluding carboxylic acids is 3. The average Bonchev–Trinajstić information content (AvgIpc) is 3.30. The number of nitrogens with zero attached hydrogens (tertiary/aromatic N) is 1. The lowest BCUT2D eigenvalue weighted by Gasteiger charge is -2.12. The van der Waals surface area contributed by atoms with Crippen LogP contribution in [0, 0.1) is 0 Å². The third-order valence-corrected chi connectivity index (χ3v) is 5.91. The number of nitrogens with one attached hydrogen (secondary N) is 1. The number of imide groups is 1. The minimum atomic E-state index is -0.584. The van der Waals surface area contributed by atoms with E-state index in [2.05, 4.69) is 21.2 Å². The first-order chi connectivity index (χ1) is 14.9. The highest BCUT2D eigenvalue weighted by molar-refractivity contribution is 9.10. The van der Waals surface area contributed by atoms with E-state index in [1.54, 1.807) is 24.3 Å². The zero-order valence-electron chi connectivity index (χ0n) is 16.0. The highest BCUT2D eigenvalue weighted by Gasteiger charge is 2.36. The van der Waals surface area contributed by atoms with Crippen LogP contribution in [0.1, 0.15) is 5.56 Å². The summed E-state index contributed by atoms with van der Waals surface area (Å²) in [5.74, 6) is 0.0975. The van der Waals surface area contributed by atoms with Crippen LogP contribution < -0.4 is 19.5 Å². The molecule has 0 radical (unpaired) electrons. The number of hydrogen-bond acceptors (Lipinski definition) is 8. The van der Waals surface area contributed by atoms with Gasteiger partial charge < -0.3 is 24.6 Å². The second-order valence-corrected chi connectivity index (χ2v) is 8.29. The predicted molar refractivity (Wildman–Crippen MR) is 116 cm³/mol. The molecule has 0 spiro atoms. The Morgan fingerprint density at radius 3 is 2.84 bits per heavy atom. The van der Waals surface area contributed by atoms with Crippen molar-refractivity contribution in [2.75, 3.05) is 25.8 Å². The van der Waals surface area contributed by atoms with Gasteiger partial charge in [0.2, 0.25) is 12.7 Å². The highest BCUT2D eigenvalue weighted by Crippen LogP contribution is 2.38. The molecule has 0 saturated carbocycles. The number of benzene rings is 2. The highest BCUT2D eigenvalue weighted by atomic mass is 79.9. The van der Waals surface area contributed by atoms with Gasteiger partial charge in [-0.2, -0.15) is 0 Å². The van der Waals surface area contributed by atoms with Gasteiger partial charge in [-0.25, -0.2) is 0 Å². The molecule has 2 aliphatic heterocycles. The number of thioether (sulfide) groups is 1. The lowest BCUT2D eigenvalue weighted by atomic mass is 10.2. The third kappa shape index (κ3) is 4.32. The first kappa shape index (κ1) is 21.1. The fraction of sp³-hybridized carbons (Fsp3) is 0.150. The van der Waals surface area contributed by atoms with Crippen molar-refractivity contribution in [2.24, 2.45) is 0 Å². The Hall–Kier alpha value is -3.18. The monoisotopic (exact) mass is 506 g/mol. The molecular formula is C20H15BrN2O7S. The second-order valence-electron chi connectivity index (χ2n) is 6.44. The quantitative estimate of drug-likeness (QED) is 0.591. The summed E-state index contributed by atoms with van der Waals surface area (Å²) in [5, 5.41) is 12.0. The number of carbonyl (C=O) groups is 3. The van der Waals surface area contributed by atoms with Crippen LogP contribution in [0.25, 0.3) is 6.08 Å². The molecule has 2 aromatic rings. The number of phenolic OH excluding ortho intramolecular Hbond substituents is 1. The largest absolute Gasteiger partial charge is 0.503 e. The molecule has 0 bridgehead atoms. The summed E-state index contributed by atoms with van der Waals surface area (Å²) in [7, 11) is 1.40. The summed E-state index contributed by atoms with van der Waals surface area (Å²) in [6.45, 7) is -0.321. The number of rotatable bonds is 5.